The first-order chi connectivity index (χ1) is 8.66. The minimum atomic E-state index is -0.200. The summed E-state index contributed by atoms with van der Waals surface area (Å²) in [4.78, 5) is 12.3. The number of aromatic hydroxyl groups is 1. The van der Waals surface area contributed by atoms with E-state index in [1.54, 1.807) is 19.2 Å². The Morgan fingerprint density at radius 2 is 2.17 bits per heavy atom. The number of aromatic nitrogens is 1. The molecule has 0 bridgehead atoms. The van der Waals surface area contributed by atoms with Crippen LogP contribution in [0.5, 0.6) is 5.75 Å². The first-order valence-corrected chi connectivity index (χ1v) is 5.38. The highest BCUT2D eigenvalue weighted by atomic mass is 16.5. The molecule has 0 atom stereocenters. The minimum Gasteiger partial charge on any atom is -0.508 e. The van der Waals surface area contributed by atoms with Crippen molar-refractivity contribution in [2.24, 2.45) is 0 Å². The third-order valence-corrected chi connectivity index (χ3v) is 2.75. The molecular formula is C13H10NO4+. The summed E-state index contributed by atoms with van der Waals surface area (Å²) in [6.07, 6.45) is 4.40. The van der Waals surface area contributed by atoms with E-state index >= 15 is 0 Å². The van der Waals surface area contributed by atoms with Crippen molar-refractivity contribution in [3.05, 3.63) is 52.7 Å². The van der Waals surface area contributed by atoms with Gasteiger partial charge in [0.15, 0.2) is 12.5 Å². The van der Waals surface area contributed by atoms with Crippen molar-refractivity contribution in [2.45, 2.75) is 6.92 Å². The van der Waals surface area contributed by atoms with E-state index in [2.05, 4.69) is 0 Å². The highest BCUT2D eigenvalue weighted by Gasteiger charge is 2.19. The highest BCUT2D eigenvalue weighted by molar-refractivity contribution is 5.82. The van der Waals surface area contributed by atoms with Crippen LogP contribution in [0.4, 0.5) is 0 Å². The van der Waals surface area contributed by atoms with E-state index in [9.17, 15) is 9.90 Å². The fraction of sp³-hybridized carbons (Fsp3) is 0.0769. The second kappa shape index (κ2) is 3.73. The van der Waals surface area contributed by atoms with Gasteiger partial charge in [-0.25, -0.2) is 4.52 Å². The standard InChI is InChI=1S/C13H9NO4/c1-8-5-9(15)6-11-12(8)13(16)10(7-17-11)14-3-2-4-18-14/h2-7H,1H3/p+1. The summed E-state index contributed by atoms with van der Waals surface area (Å²) in [6.45, 7) is 1.75. The number of nitrogens with zero attached hydrogens (tertiary/aromatic N) is 1. The molecule has 0 saturated heterocycles. The molecule has 2 heterocycles. The van der Waals surface area contributed by atoms with Gasteiger partial charge < -0.3 is 9.52 Å². The van der Waals surface area contributed by atoms with Crippen molar-refractivity contribution < 1.29 is 18.8 Å². The molecule has 0 radical (unpaired) electrons. The van der Waals surface area contributed by atoms with Gasteiger partial charge in [-0.1, -0.05) is 0 Å². The molecule has 0 unspecified atom stereocenters. The second-order valence-corrected chi connectivity index (χ2v) is 3.99. The summed E-state index contributed by atoms with van der Waals surface area (Å²) in [5, 5.41) is 9.91. The number of fused-ring (bicyclic) bond motifs is 1. The highest BCUT2D eigenvalue weighted by Crippen LogP contribution is 2.22. The summed E-state index contributed by atoms with van der Waals surface area (Å²) >= 11 is 0. The lowest BCUT2D eigenvalue weighted by Crippen LogP contribution is -2.33. The maximum absolute atomic E-state index is 12.3. The molecule has 3 aromatic rings. The fourth-order valence-corrected chi connectivity index (χ4v) is 1.96. The number of hydrogen-bond donors (Lipinski definition) is 1. The maximum atomic E-state index is 12.3. The van der Waals surface area contributed by atoms with Crippen LogP contribution >= 0.6 is 0 Å². The Labute approximate surface area is 101 Å². The Kier molecular flexibility index (Phi) is 2.19. The average Bonchev–Trinajstić information content (AvgIpc) is 2.81. The zero-order valence-corrected chi connectivity index (χ0v) is 9.58. The first kappa shape index (κ1) is 10.6. The van der Waals surface area contributed by atoms with Crippen molar-refractivity contribution >= 4 is 11.0 Å². The third kappa shape index (κ3) is 1.48. The van der Waals surface area contributed by atoms with Gasteiger partial charge in [0.2, 0.25) is 6.20 Å². The van der Waals surface area contributed by atoms with E-state index in [-0.39, 0.29) is 11.2 Å². The van der Waals surface area contributed by atoms with Crippen LogP contribution in [0.3, 0.4) is 0 Å². The van der Waals surface area contributed by atoms with Gasteiger partial charge in [0.1, 0.15) is 11.3 Å². The molecule has 5 heteroatoms. The predicted octanol–water partition coefficient (Wildman–Crippen LogP) is 1.68. The van der Waals surface area contributed by atoms with Crippen LogP contribution in [0.25, 0.3) is 16.7 Å². The zero-order valence-electron chi connectivity index (χ0n) is 9.58. The maximum Gasteiger partial charge on any atom is 0.340 e. The molecule has 0 aliphatic rings. The van der Waals surface area contributed by atoms with E-state index in [4.69, 9.17) is 8.94 Å². The fourth-order valence-electron chi connectivity index (χ4n) is 1.96. The zero-order chi connectivity index (χ0) is 12.7. The van der Waals surface area contributed by atoms with Crippen LogP contribution in [0, 0.1) is 6.92 Å². The van der Waals surface area contributed by atoms with E-state index in [0.29, 0.717) is 22.2 Å². The summed E-state index contributed by atoms with van der Waals surface area (Å²) in [6, 6.07) is 4.61. The Morgan fingerprint density at radius 3 is 2.89 bits per heavy atom. The van der Waals surface area contributed by atoms with Crippen molar-refractivity contribution in [3.8, 4) is 11.4 Å². The van der Waals surface area contributed by atoms with Gasteiger partial charge in [-0.2, -0.15) is 0 Å². The van der Waals surface area contributed by atoms with Crippen LogP contribution in [0.2, 0.25) is 0 Å². The van der Waals surface area contributed by atoms with Gasteiger partial charge in [0.25, 0.3) is 5.43 Å². The number of aryl methyl sites for hydroxylation is 1. The van der Waals surface area contributed by atoms with E-state index in [1.807, 2.05) is 0 Å². The number of rotatable bonds is 1. The van der Waals surface area contributed by atoms with Crippen LogP contribution in [-0.4, -0.2) is 5.11 Å². The largest absolute Gasteiger partial charge is 0.508 e. The molecule has 2 aromatic heterocycles. The van der Waals surface area contributed by atoms with E-state index in [0.717, 1.165) is 0 Å². The van der Waals surface area contributed by atoms with Crippen LogP contribution in [0.15, 0.2) is 50.7 Å². The molecule has 0 aliphatic heterocycles. The summed E-state index contributed by atoms with van der Waals surface area (Å²) in [5.74, 6) is 0.0709. The number of hydrogen-bond acceptors (Lipinski definition) is 4. The van der Waals surface area contributed by atoms with Crippen LogP contribution in [0.1, 0.15) is 5.56 Å². The lowest BCUT2D eigenvalue weighted by atomic mass is 10.1. The van der Waals surface area contributed by atoms with Crippen molar-refractivity contribution in [2.75, 3.05) is 0 Å². The molecular weight excluding hydrogens is 234 g/mol. The van der Waals surface area contributed by atoms with Crippen molar-refractivity contribution in [1.29, 1.82) is 0 Å². The Balaban J connectivity index is 2.40. The summed E-state index contributed by atoms with van der Waals surface area (Å²) in [5.41, 5.74) is 1.11. The molecule has 0 amide bonds. The van der Waals surface area contributed by atoms with E-state index < -0.39 is 0 Å². The second-order valence-electron chi connectivity index (χ2n) is 3.99. The van der Waals surface area contributed by atoms with Crippen molar-refractivity contribution in [1.82, 2.24) is 0 Å². The molecule has 90 valence electrons. The molecule has 0 aliphatic carbocycles. The Bertz CT molecular complexity index is 772. The van der Waals surface area contributed by atoms with Crippen molar-refractivity contribution in [3.63, 3.8) is 0 Å². The SMILES string of the molecule is Cc1cc(O)cc2occ(-[n+]3ccco3)c(=O)c12. The van der Waals surface area contributed by atoms with Gasteiger partial charge in [-0.05, 0) is 18.6 Å². The molecule has 3 rings (SSSR count). The predicted molar refractivity (Wildman–Crippen MR) is 62.7 cm³/mol. The first-order valence-electron chi connectivity index (χ1n) is 5.38. The van der Waals surface area contributed by atoms with Gasteiger partial charge in [-0.3, -0.25) is 4.79 Å². The molecule has 5 nitrogen and oxygen atoms in total. The van der Waals surface area contributed by atoms with Gasteiger partial charge in [0, 0.05) is 16.9 Å². The molecule has 18 heavy (non-hydrogen) atoms. The lowest BCUT2D eigenvalue weighted by Gasteiger charge is -2.01. The number of benzene rings is 1. The van der Waals surface area contributed by atoms with Crippen LogP contribution < -0.4 is 10.2 Å². The summed E-state index contributed by atoms with van der Waals surface area (Å²) < 4.78 is 11.8. The van der Waals surface area contributed by atoms with E-state index in [1.165, 1.54) is 29.4 Å². The normalized spacial score (nSPS) is 10.9. The monoisotopic (exact) mass is 244 g/mol. The molecule has 0 fully saturated rings. The quantitative estimate of drug-likeness (QED) is 0.661. The van der Waals surface area contributed by atoms with Gasteiger partial charge >= 0.3 is 5.69 Å². The summed E-state index contributed by atoms with van der Waals surface area (Å²) in [7, 11) is 0. The van der Waals surface area contributed by atoms with Gasteiger partial charge in [-0.15, -0.1) is 0 Å². The topological polar surface area (TPSA) is 67.5 Å². The average molecular weight is 244 g/mol. The van der Waals surface area contributed by atoms with Gasteiger partial charge in [0.05, 0.1) is 5.39 Å². The Morgan fingerprint density at radius 1 is 1.33 bits per heavy atom. The number of phenols is 1. The molecule has 0 spiro atoms. The molecule has 1 N–H and O–H groups in total. The smallest absolute Gasteiger partial charge is 0.340 e. The minimum absolute atomic E-state index is 0.0709. The molecule has 0 saturated carbocycles. The number of phenolic OH excluding ortho intramolecular Hbond substituents is 1. The molecule has 1 aromatic carbocycles. The third-order valence-electron chi connectivity index (χ3n) is 2.75. The Hall–Kier alpha value is -2.56. The lowest BCUT2D eigenvalue weighted by molar-refractivity contribution is -0.785. The van der Waals surface area contributed by atoms with Crippen LogP contribution in [-0.2, 0) is 0 Å².